The number of ketones is 1. The first kappa shape index (κ1) is 25.8. The summed E-state index contributed by atoms with van der Waals surface area (Å²) in [6.07, 6.45) is 7.87. The fourth-order valence-electron chi connectivity index (χ4n) is 4.66. The number of ether oxygens (including phenoxy) is 1. The van der Waals surface area contributed by atoms with Crippen LogP contribution in [0.1, 0.15) is 70.2 Å². The Morgan fingerprint density at radius 1 is 1.19 bits per heavy atom. The molecule has 0 unspecified atom stereocenters. The van der Waals surface area contributed by atoms with Crippen molar-refractivity contribution in [3.63, 3.8) is 0 Å². The molecule has 1 aromatic carbocycles. The van der Waals surface area contributed by atoms with E-state index in [1.807, 2.05) is 37.3 Å². The number of piperidine rings is 1. The number of hydrogen-bond donors (Lipinski definition) is 2. The third-order valence-corrected chi connectivity index (χ3v) is 6.84. The Bertz CT molecular complexity index is 1170. The normalized spacial score (nSPS) is 15.1. The van der Waals surface area contributed by atoms with Gasteiger partial charge in [-0.3, -0.25) is 9.59 Å². The second-order valence-electron chi connectivity index (χ2n) is 9.38. The minimum Gasteiger partial charge on any atom is -0.480 e. The lowest BCUT2D eigenvalue weighted by atomic mass is 9.96. The van der Waals surface area contributed by atoms with Crippen LogP contribution in [0.4, 0.5) is 0 Å². The number of pyridine rings is 1. The van der Waals surface area contributed by atoms with Gasteiger partial charge in [-0.2, -0.15) is 0 Å². The lowest BCUT2D eigenvalue weighted by Gasteiger charge is -2.24. The van der Waals surface area contributed by atoms with Crippen LogP contribution < -0.4 is 15.4 Å². The lowest BCUT2D eigenvalue weighted by Crippen LogP contribution is -2.39. The monoisotopic (exact) mass is 492 g/mol. The summed E-state index contributed by atoms with van der Waals surface area (Å²) in [5.74, 6) is 1.83. The minimum absolute atomic E-state index is 0.00450. The predicted molar refractivity (Wildman–Crippen MR) is 139 cm³/mol. The number of nitrogens with zero attached hydrogens (tertiary/aromatic N) is 2. The molecule has 2 aromatic heterocycles. The highest BCUT2D eigenvalue weighted by molar-refractivity contribution is 5.85. The van der Waals surface area contributed by atoms with Crippen molar-refractivity contribution in [2.24, 2.45) is 5.92 Å². The number of methoxy groups -OCH3 is 1. The number of carbonyl (C=O) groups is 2. The van der Waals surface area contributed by atoms with Crippen molar-refractivity contribution < 1.29 is 18.7 Å². The summed E-state index contributed by atoms with van der Waals surface area (Å²) in [7, 11) is 1.59. The molecule has 3 aromatic rings. The van der Waals surface area contributed by atoms with Crippen molar-refractivity contribution in [1.82, 2.24) is 20.6 Å². The average molecular weight is 493 g/mol. The van der Waals surface area contributed by atoms with E-state index >= 15 is 0 Å². The zero-order valence-electron chi connectivity index (χ0n) is 21.2. The molecular weight excluding hydrogens is 456 g/mol. The first-order valence-electron chi connectivity index (χ1n) is 13.0. The lowest BCUT2D eigenvalue weighted by molar-refractivity contribution is -0.126. The number of carbonyl (C=O) groups excluding carboxylic acids is 2. The predicted octanol–water partition coefficient (Wildman–Crippen LogP) is 4.98. The Balaban J connectivity index is 1.52. The maximum Gasteiger partial charge on any atom is 0.224 e. The number of benzene rings is 1. The van der Waals surface area contributed by atoms with Crippen LogP contribution in [0.25, 0.3) is 22.2 Å². The molecule has 8 nitrogen and oxygen atoms in total. The molecule has 0 aliphatic carbocycles. The molecular formula is C28H36N4O4. The number of oxazole rings is 1. The number of aromatic nitrogens is 2. The van der Waals surface area contributed by atoms with Crippen LogP contribution >= 0.6 is 0 Å². The van der Waals surface area contributed by atoms with Crippen LogP contribution in [0.3, 0.4) is 0 Å². The fraction of sp³-hybridized carbons (Fsp3) is 0.500. The van der Waals surface area contributed by atoms with E-state index in [1.54, 1.807) is 13.3 Å². The van der Waals surface area contributed by atoms with E-state index < -0.39 is 0 Å². The number of amides is 1. The third-order valence-electron chi connectivity index (χ3n) is 6.84. The zero-order valence-corrected chi connectivity index (χ0v) is 21.2. The molecule has 2 N–H and O–H groups in total. The SMILES string of the molecule is CCC(=O)CCCCC[C@H](NC(=O)C1CCNCC1)c1ncc(-c2cc3ccccc3nc2OC)o1. The second kappa shape index (κ2) is 12.6. The molecule has 36 heavy (non-hydrogen) atoms. The van der Waals surface area contributed by atoms with Gasteiger partial charge in [0.15, 0.2) is 5.76 Å². The van der Waals surface area contributed by atoms with Crippen LogP contribution in [-0.4, -0.2) is 41.9 Å². The van der Waals surface area contributed by atoms with Crippen molar-refractivity contribution in [3.05, 3.63) is 42.4 Å². The minimum atomic E-state index is -0.331. The van der Waals surface area contributed by atoms with Crippen LogP contribution in [0.2, 0.25) is 0 Å². The van der Waals surface area contributed by atoms with Crippen LogP contribution in [0.5, 0.6) is 5.88 Å². The maximum atomic E-state index is 13.0. The molecule has 0 spiro atoms. The molecule has 3 heterocycles. The molecule has 0 saturated carbocycles. The van der Waals surface area contributed by atoms with Crippen molar-refractivity contribution in [1.29, 1.82) is 0 Å². The number of fused-ring (bicyclic) bond motifs is 1. The van der Waals surface area contributed by atoms with Crippen molar-refractivity contribution >= 4 is 22.6 Å². The molecule has 1 atom stereocenters. The Morgan fingerprint density at radius 3 is 2.78 bits per heavy atom. The number of nitrogens with one attached hydrogen (secondary N) is 2. The zero-order chi connectivity index (χ0) is 25.3. The van der Waals surface area contributed by atoms with Gasteiger partial charge in [0.1, 0.15) is 11.8 Å². The van der Waals surface area contributed by atoms with Gasteiger partial charge < -0.3 is 19.8 Å². The van der Waals surface area contributed by atoms with E-state index in [-0.39, 0.29) is 17.9 Å². The van der Waals surface area contributed by atoms with Crippen LogP contribution in [0, 0.1) is 5.92 Å². The van der Waals surface area contributed by atoms with Gasteiger partial charge in [0.25, 0.3) is 0 Å². The van der Waals surface area contributed by atoms with Gasteiger partial charge >= 0.3 is 0 Å². The van der Waals surface area contributed by atoms with Crippen LogP contribution in [0.15, 0.2) is 40.9 Å². The van der Waals surface area contributed by atoms with Gasteiger partial charge in [0.2, 0.25) is 17.7 Å². The summed E-state index contributed by atoms with van der Waals surface area (Å²) < 4.78 is 11.8. The summed E-state index contributed by atoms with van der Waals surface area (Å²) in [6.45, 7) is 3.60. The van der Waals surface area contributed by atoms with Crippen molar-refractivity contribution in [3.8, 4) is 17.2 Å². The van der Waals surface area contributed by atoms with Gasteiger partial charge in [-0.1, -0.05) is 38.0 Å². The van der Waals surface area contributed by atoms with Gasteiger partial charge in [-0.05, 0) is 50.9 Å². The summed E-state index contributed by atoms with van der Waals surface area (Å²) in [5, 5.41) is 7.48. The number of para-hydroxylation sites is 1. The smallest absolute Gasteiger partial charge is 0.224 e. The van der Waals surface area contributed by atoms with Gasteiger partial charge in [-0.25, -0.2) is 9.97 Å². The van der Waals surface area contributed by atoms with Crippen LogP contribution in [-0.2, 0) is 9.59 Å². The third kappa shape index (κ3) is 6.49. The molecule has 1 aliphatic heterocycles. The van der Waals surface area contributed by atoms with E-state index in [4.69, 9.17) is 9.15 Å². The Hall–Kier alpha value is -3.26. The quantitative estimate of drug-likeness (QED) is 0.343. The van der Waals surface area contributed by atoms with Gasteiger partial charge in [-0.15, -0.1) is 0 Å². The van der Waals surface area contributed by atoms with E-state index in [2.05, 4.69) is 20.6 Å². The van der Waals surface area contributed by atoms with E-state index in [0.717, 1.165) is 61.7 Å². The number of Topliss-reactive ketones (excluding diaryl/α,β-unsaturated/α-hetero) is 1. The van der Waals surface area contributed by atoms with Gasteiger partial charge in [0.05, 0.1) is 24.4 Å². The first-order valence-corrected chi connectivity index (χ1v) is 13.0. The summed E-state index contributed by atoms with van der Waals surface area (Å²) in [5.41, 5.74) is 1.56. The fourth-order valence-corrected chi connectivity index (χ4v) is 4.66. The standard InChI is InChI=1S/C28H36N4O4/c1-3-21(33)10-5-4-6-12-24(31-26(34)19-13-15-29-16-14-19)28-30-18-25(36-28)22-17-20-9-7-8-11-23(20)32-27(22)35-2/h7-9,11,17-19,24,29H,3-6,10,12-16H2,1-2H3,(H,31,34)/t24-/m0/s1. The van der Waals surface area contributed by atoms with Crippen molar-refractivity contribution in [2.75, 3.05) is 20.2 Å². The largest absolute Gasteiger partial charge is 0.480 e. The molecule has 4 rings (SSSR count). The maximum absolute atomic E-state index is 13.0. The molecule has 1 saturated heterocycles. The molecule has 192 valence electrons. The molecule has 1 amide bonds. The van der Waals surface area contributed by atoms with Gasteiger partial charge in [0, 0.05) is 24.1 Å². The number of hydrogen-bond acceptors (Lipinski definition) is 7. The summed E-state index contributed by atoms with van der Waals surface area (Å²) >= 11 is 0. The highest BCUT2D eigenvalue weighted by Crippen LogP contribution is 2.34. The highest BCUT2D eigenvalue weighted by Gasteiger charge is 2.26. The Morgan fingerprint density at radius 2 is 2.00 bits per heavy atom. The molecule has 0 bridgehead atoms. The van der Waals surface area contributed by atoms with Crippen molar-refractivity contribution in [2.45, 2.75) is 64.3 Å². The molecule has 0 radical (unpaired) electrons. The summed E-state index contributed by atoms with van der Waals surface area (Å²) in [4.78, 5) is 33.8. The Kier molecular flexibility index (Phi) is 9.06. The Labute approximate surface area is 212 Å². The topological polar surface area (TPSA) is 106 Å². The van der Waals surface area contributed by atoms with E-state index in [0.29, 0.717) is 42.6 Å². The first-order chi connectivity index (χ1) is 17.6. The average Bonchev–Trinajstić information content (AvgIpc) is 3.41. The second-order valence-corrected chi connectivity index (χ2v) is 9.38. The molecule has 8 heteroatoms. The van der Waals surface area contributed by atoms with E-state index in [9.17, 15) is 9.59 Å². The summed E-state index contributed by atoms with van der Waals surface area (Å²) in [6, 6.07) is 9.49. The number of rotatable bonds is 12. The number of unbranched alkanes of at least 4 members (excludes halogenated alkanes) is 2. The van der Waals surface area contributed by atoms with E-state index in [1.165, 1.54) is 0 Å². The highest BCUT2D eigenvalue weighted by atomic mass is 16.5. The molecule has 1 aliphatic rings. The molecule has 1 fully saturated rings.